The number of nitrogens with zero attached hydrogens (tertiary/aromatic N) is 4. The van der Waals surface area contributed by atoms with Gasteiger partial charge in [0.2, 0.25) is 5.91 Å². The fraction of sp³-hybridized carbons (Fsp3) is 0.500. The number of anilines is 1. The fourth-order valence-electron chi connectivity index (χ4n) is 4.19. The van der Waals surface area contributed by atoms with Gasteiger partial charge in [-0.1, -0.05) is 30.3 Å². The monoisotopic (exact) mass is 380 g/mol. The van der Waals surface area contributed by atoms with Gasteiger partial charge in [-0.3, -0.25) is 4.79 Å². The lowest BCUT2D eigenvalue weighted by Crippen LogP contribution is -2.41. The van der Waals surface area contributed by atoms with E-state index in [9.17, 15) is 9.90 Å². The molecular formula is C22H28N4O2. The molecule has 1 aliphatic carbocycles. The smallest absolute Gasteiger partial charge is 0.225 e. The second-order valence-electron chi connectivity index (χ2n) is 8.06. The Morgan fingerprint density at radius 3 is 2.57 bits per heavy atom. The normalized spacial score (nSPS) is 22.6. The molecule has 0 atom stereocenters. The van der Waals surface area contributed by atoms with Gasteiger partial charge in [0.25, 0.3) is 0 Å². The molecule has 0 radical (unpaired) electrons. The highest BCUT2D eigenvalue weighted by Crippen LogP contribution is 2.36. The predicted molar refractivity (Wildman–Crippen MR) is 108 cm³/mol. The third-order valence-corrected chi connectivity index (χ3v) is 6.01. The highest BCUT2D eigenvalue weighted by atomic mass is 16.3. The van der Waals surface area contributed by atoms with Crippen LogP contribution in [0, 0.1) is 5.92 Å². The van der Waals surface area contributed by atoms with Crippen LogP contribution in [0.15, 0.2) is 42.7 Å². The van der Waals surface area contributed by atoms with Crippen molar-refractivity contribution in [2.75, 3.05) is 25.0 Å². The largest absolute Gasteiger partial charge is 0.393 e. The first-order chi connectivity index (χ1) is 13.6. The zero-order valence-corrected chi connectivity index (χ0v) is 16.4. The molecule has 2 heterocycles. The third kappa shape index (κ3) is 4.17. The molecule has 1 saturated carbocycles. The van der Waals surface area contributed by atoms with E-state index in [1.165, 1.54) is 0 Å². The van der Waals surface area contributed by atoms with Crippen molar-refractivity contribution < 1.29 is 9.90 Å². The van der Waals surface area contributed by atoms with Crippen LogP contribution in [0.1, 0.15) is 42.9 Å². The van der Waals surface area contributed by atoms with Crippen LogP contribution in [-0.4, -0.2) is 52.1 Å². The highest BCUT2D eigenvalue weighted by Gasteiger charge is 2.31. The van der Waals surface area contributed by atoms with Crippen LogP contribution < -0.4 is 4.90 Å². The molecule has 2 aromatic rings. The average molecular weight is 380 g/mol. The molecule has 4 rings (SSSR count). The van der Waals surface area contributed by atoms with E-state index in [4.69, 9.17) is 0 Å². The number of carbonyl (C=O) groups excluding carboxylic acids is 1. The molecular weight excluding hydrogens is 352 g/mol. The zero-order valence-electron chi connectivity index (χ0n) is 16.4. The first-order valence-corrected chi connectivity index (χ1v) is 10.1. The molecule has 1 aliphatic heterocycles. The maximum Gasteiger partial charge on any atom is 0.225 e. The predicted octanol–water partition coefficient (Wildman–Crippen LogP) is 2.59. The molecule has 2 aliphatic rings. The molecule has 1 N–H and O–H groups in total. The Hall–Kier alpha value is -2.47. The summed E-state index contributed by atoms with van der Waals surface area (Å²) in [5.74, 6) is 1.60. The van der Waals surface area contributed by atoms with Crippen LogP contribution in [0.25, 0.3) is 0 Å². The summed E-state index contributed by atoms with van der Waals surface area (Å²) in [6.07, 6.45) is 4.72. The minimum absolute atomic E-state index is 0.0769. The summed E-state index contributed by atoms with van der Waals surface area (Å²) in [6.45, 7) is 2.32. The number of piperidine rings is 1. The molecule has 1 aromatic heterocycles. The summed E-state index contributed by atoms with van der Waals surface area (Å²) >= 11 is 0. The van der Waals surface area contributed by atoms with Gasteiger partial charge in [-0.15, -0.1) is 0 Å². The molecule has 0 bridgehead atoms. The summed E-state index contributed by atoms with van der Waals surface area (Å²) < 4.78 is 0. The lowest BCUT2D eigenvalue weighted by Gasteiger charge is -2.35. The topological polar surface area (TPSA) is 69.6 Å². The number of benzene rings is 1. The molecule has 28 heavy (non-hydrogen) atoms. The second-order valence-corrected chi connectivity index (χ2v) is 8.06. The van der Waals surface area contributed by atoms with Crippen LogP contribution in [0.3, 0.4) is 0 Å². The van der Waals surface area contributed by atoms with Crippen molar-refractivity contribution in [3.8, 4) is 0 Å². The number of carbonyl (C=O) groups is 1. The van der Waals surface area contributed by atoms with E-state index in [1.54, 1.807) is 6.33 Å². The van der Waals surface area contributed by atoms with Gasteiger partial charge < -0.3 is 14.9 Å². The third-order valence-electron chi connectivity index (χ3n) is 6.01. The van der Waals surface area contributed by atoms with Gasteiger partial charge in [0.1, 0.15) is 12.1 Å². The van der Waals surface area contributed by atoms with Crippen molar-refractivity contribution in [2.24, 2.45) is 5.92 Å². The first kappa shape index (κ1) is 18.9. The van der Waals surface area contributed by atoms with E-state index in [-0.39, 0.29) is 17.9 Å². The number of aliphatic hydroxyl groups excluding tert-OH is 1. The molecule has 6 nitrogen and oxygen atoms in total. The zero-order chi connectivity index (χ0) is 19.5. The Morgan fingerprint density at radius 1 is 1.18 bits per heavy atom. The Morgan fingerprint density at radius 2 is 1.89 bits per heavy atom. The molecule has 0 unspecified atom stereocenters. The van der Waals surface area contributed by atoms with Gasteiger partial charge in [-0.05, 0) is 31.2 Å². The number of hydrogen-bond acceptors (Lipinski definition) is 5. The minimum Gasteiger partial charge on any atom is -0.393 e. The fourth-order valence-corrected chi connectivity index (χ4v) is 4.19. The summed E-state index contributed by atoms with van der Waals surface area (Å²) in [5, 5.41) is 9.53. The molecule has 6 heteroatoms. The SMILES string of the molecule is CN(Cc1ccccc1)C(=O)C1CCN(c2cc(C3CC(O)C3)ncn2)CC1. The van der Waals surface area contributed by atoms with Gasteiger partial charge in [-0.25, -0.2) is 9.97 Å². The van der Waals surface area contributed by atoms with Gasteiger partial charge >= 0.3 is 0 Å². The van der Waals surface area contributed by atoms with Crippen molar-refractivity contribution in [3.63, 3.8) is 0 Å². The van der Waals surface area contributed by atoms with E-state index in [0.717, 1.165) is 55.8 Å². The number of amides is 1. The number of aromatic nitrogens is 2. The number of hydrogen-bond donors (Lipinski definition) is 1. The van der Waals surface area contributed by atoms with Crippen LogP contribution in [0.4, 0.5) is 5.82 Å². The summed E-state index contributed by atoms with van der Waals surface area (Å²) in [4.78, 5) is 25.8. The van der Waals surface area contributed by atoms with E-state index in [1.807, 2.05) is 30.1 Å². The quantitative estimate of drug-likeness (QED) is 0.863. The van der Waals surface area contributed by atoms with Crippen molar-refractivity contribution in [2.45, 2.75) is 44.2 Å². The van der Waals surface area contributed by atoms with Crippen LogP contribution in [-0.2, 0) is 11.3 Å². The van der Waals surface area contributed by atoms with Gasteiger partial charge in [0.15, 0.2) is 0 Å². The van der Waals surface area contributed by atoms with Crippen molar-refractivity contribution in [3.05, 3.63) is 54.0 Å². The van der Waals surface area contributed by atoms with Gasteiger partial charge in [-0.2, -0.15) is 0 Å². The molecule has 1 saturated heterocycles. The molecule has 2 fully saturated rings. The van der Waals surface area contributed by atoms with Crippen molar-refractivity contribution in [1.82, 2.24) is 14.9 Å². The van der Waals surface area contributed by atoms with Crippen molar-refractivity contribution >= 4 is 11.7 Å². The minimum atomic E-state index is -0.182. The summed E-state index contributed by atoms with van der Waals surface area (Å²) in [6, 6.07) is 12.2. The van der Waals surface area contributed by atoms with E-state index >= 15 is 0 Å². The molecule has 1 amide bonds. The van der Waals surface area contributed by atoms with Gasteiger partial charge in [0.05, 0.1) is 6.10 Å². The number of aliphatic hydroxyl groups is 1. The lowest BCUT2D eigenvalue weighted by atomic mass is 9.80. The number of rotatable bonds is 5. The van der Waals surface area contributed by atoms with E-state index < -0.39 is 0 Å². The molecule has 0 spiro atoms. The standard InChI is InChI=1S/C22H28N4O2/c1-25(14-16-5-3-2-4-6-16)22(28)17-7-9-26(10-8-17)21-13-20(23-15-24-21)18-11-19(27)12-18/h2-6,13,15,17-19,27H,7-12,14H2,1H3. The van der Waals surface area contributed by atoms with Crippen molar-refractivity contribution in [1.29, 1.82) is 0 Å². The Bertz CT molecular complexity index is 799. The van der Waals surface area contributed by atoms with Crippen LogP contribution in [0.5, 0.6) is 0 Å². The second kappa shape index (κ2) is 8.27. The van der Waals surface area contributed by atoms with Gasteiger partial charge in [0, 0.05) is 50.3 Å². The Kier molecular flexibility index (Phi) is 5.57. The Balaban J connectivity index is 1.32. The average Bonchev–Trinajstić information content (AvgIpc) is 2.72. The lowest BCUT2D eigenvalue weighted by molar-refractivity contribution is -0.135. The first-order valence-electron chi connectivity index (χ1n) is 10.1. The van der Waals surface area contributed by atoms with E-state index in [2.05, 4.69) is 33.1 Å². The Labute approximate surface area is 166 Å². The maximum absolute atomic E-state index is 12.8. The summed E-state index contributed by atoms with van der Waals surface area (Å²) in [7, 11) is 1.89. The molecule has 1 aromatic carbocycles. The summed E-state index contributed by atoms with van der Waals surface area (Å²) in [5.41, 5.74) is 2.18. The van der Waals surface area contributed by atoms with Crippen LogP contribution >= 0.6 is 0 Å². The van der Waals surface area contributed by atoms with Crippen LogP contribution in [0.2, 0.25) is 0 Å². The van der Waals surface area contributed by atoms with E-state index in [0.29, 0.717) is 12.5 Å². The molecule has 148 valence electrons. The maximum atomic E-state index is 12.8. The highest BCUT2D eigenvalue weighted by molar-refractivity contribution is 5.79.